The van der Waals surface area contributed by atoms with Crippen LogP contribution in [0.1, 0.15) is 40.2 Å². The molecule has 0 N–H and O–H groups in total. The number of rotatable bonds is 9. The van der Waals surface area contributed by atoms with Gasteiger partial charge in [0.2, 0.25) is 0 Å². The summed E-state index contributed by atoms with van der Waals surface area (Å²) in [5.41, 5.74) is 1.05. The highest BCUT2D eigenvalue weighted by Crippen LogP contribution is 2.41. The van der Waals surface area contributed by atoms with E-state index >= 15 is 0 Å². The second-order valence-corrected chi connectivity index (χ2v) is 17.4. The highest BCUT2D eigenvalue weighted by atomic mass is 79.9. The molecular weight excluding hydrogens is 600 g/mol. The van der Waals surface area contributed by atoms with Gasteiger partial charge in [-0.15, -0.1) is 0 Å². The minimum absolute atomic E-state index is 0.160. The van der Waals surface area contributed by atoms with Gasteiger partial charge in [0.25, 0.3) is 8.32 Å². The van der Waals surface area contributed by atoms with Gasteiger partial charge in [-0.1, -0.05) is 109 Å². The third kappa shape index (κ3) is 6.40. The first-order valence-electron chi connectivity index (χ1n) is 14.2. The molecule has 3 aromatic carbocycles. The number of methoxy groups -OCH3 is 1. The minimum Gasteiger partial charge on any atom is -0.405 e. The van der Waals surface area contributed by atoms with Crippen LogP contribution in [0.5, 0.6) is 0 Å². The molecule has 220 valence electrons. The standard InChI is InChI=1S/C33H41BrO6Si/c1-32(2,3)41(25-13-9-7-10-14-25,26-15-11-8-12-16-26)37-22-27-28-29(40-33(4,5)39-28)30(31(35-6)38-27)36-21-23-17-19-24(34)20-18-23/h7-20,27-31H,21-22H2,1-6H3/t27-,28+,29+,30-,31?/m1/s1. The second kappa shape index (κ2) is 12.4. The fourth-order valence-electron chi connectivity index (χ4n) is 6.08. The van der Waals surface area contributed by atoms with Crippen molar-refractivity contribution in [2.75, 3.05) is 13.7 Å². The molecule has 0 radical (unpaired) electrons. The first kappa shape index (κ1) is 30.6. The molecule has 2 fully saturated rings. The predicted octanol–water partition coefficient (Wildman–Crippen LogP) is 5.80. The largest absolute Gasteiger partial charge is 0.405 e. The molecule has 0 aliphatic carbocycles. The van der Waals surface area contributed by atoms with Gasteiger partial charge in [-0.2, -0.15) is 0 Å². The van der Waals surface area contributed by atoms with Crippen molar-refractivity contribution in [1.82, 2.24) is 0 Å². The molecule has 3 aromatic rings. The Morgan fingerprint density at radius 3 is 1.93 bits per heavy atom. The molecule has 2 aliphatic heterocycles. The molecule has 5 rings (SSSR count). The number of hydrogen-bond donors (Lipinski definition) is 0. The summed E-state index contributed by atoms with van der Waals surface area (Å²) in [4.78, 5) is 0. The van der Waals surface area contributed by atoms with Gasteiger partial charge in [0, 0.05) is 11.6 Å². The SMILES string of the molecule is COC1O[C@H](CO[Si](c2ccccc2)(c2ccccc2)C(C)(C)C)[C@@H]2OC(C)(C)O[C@@H]2[C@H]1OCc1ccc(Br)cc1. The molecule has 8 heteroatoms. The molecule has 2 aliphatic rings. The summed E-state index contributed by atoms with van der Waals surface area (Å²) < 4.78 is 40.0. The molecule has 0 spiro atoms. The molecule has 0 aromatic heterocycles. The van der Waals surface area contributed by atoms with Gasteiger partial charge in [-0.05, 0) is 47.0 Å². The van der Waals surface area contributed by atoms with Crippen molar-refractivity contribution in [2.45, 2.75) is 82.8 Å². The van der Waals surface area contributed by atoms with Gasteiger partial charge < -0.3 is 28.1 Å². The Balaban J connectivity index is 1.44. The summed E-state index contributed by atoms with van der Waals surface area (Å²) in [5, 5.41) is 2.27. The molecule has 1 unspecified atom stereocenters. The quantitative estimate of drug-likeness (QED) is 0.276. The third-order valence-electron chi connectivity index (χ3n) is 7.90. The summed E-state index contributed by atoms with van der Waals surface area (Å²) in [6.45, 7) is 11.4. The molecule has 6 nitrogen and oxygen atoms in total. The van der Waals surface area contributed by atoms with Crippen LogP contribution in [0.3, 0.4) is 0 Å². The molecule has 41 heavy (non-hydrogen) atoms. The Morgan fingerprint density at radius 2 is 1.39 bits per heavy atom. The second-order valence-electron chi connectivity index (χ2n) is 12.2. The zero-order chi connectivity index (χ0) is 29.3. The van der Waals surface area contributed by atoms with E-state index in [0.717, 1.165) is 10.0 Å². The maximum atomic E-state index is 7.23. The van der Waals surface area contributed by atoms with Crippen LogP contribution >= 0.6 is 15.9 Å². The number of halogens is 1. The van der Waals surface area contributed by atoms with Gasteiger partial charge in [0.1, 0.15) is 24.4 Å². The molecule has 0 amide bonds. The smallest absolute Gasteiger partial charge is 0.261 e. The van der Waals surface area contributed by atoms with Gasteiger partial charge in [-0.3, -0.25) is 0 Å². The van der Waals surface area contributed by atoms with E-state index in [9.17, 15) is 0 Å². The number of hydrogen-bond acceptors (Lipinski definition) is 6. The Morgan fingerprint density at radius 1 is 0.829 bits per heavy atom. The highest BCUT2D eigenvalue weighted by molar-refractivity contribution is 9.10. The van der Waals surface area contributed by atoms with Gasteiger partial charge >= 0.3 is 0 Å². The average Bonchev–Trinajstić information content (AvgIpc) is 3.28. The Kier molecular flexibility index (Phi) is 9.23. The highest BCUT2D eigenvalue weighted by Gasteiger charge is 2.57. The van der Waals surface area contributed by atoms with Crippen molar-refractivity contribution in [3.63, 3.8) is 0 Å². The lowest BCUT2D eigenvalue weighted by Crippen LogP contribution is -2.68. The van der Waals surface area contributed by atoms with Crippen molar-refractivity contribution in [1.29, 1.82) is 0 Å². The molecule has 2 heterocycles. The Bertz CT molecular complexity index is 1220. The number of fused-ring (bicyclic) bond motifs is 1. The van der Waals surface area contributed by atoms with Crippen molar-refractivity contribution in [3.05, 3.63) is 95.0 Å². The number of benzene rings is 3. The normalized spacial score (nSPS) is 26.1. The zero-order valence-electron chi connectivity index (χ0n) is 24.7. The van der Waals surface area contributed by atoms with E-state index in [1.165, 1.54) is 10.4 Å². The maximum absolute atomic E-state index is 7.23. The van der Waals surface area contributed by atoms with Crippen LogP contribution < -0.4 is 10.4 Å². The van der Waals surface area contributed by atoms with Crippen LogP contribution in [-0.2, 0) is 34.7 Å². The molecular formula is C33H41BrO6Si. The van der Waals surface area contributed by atoms with Crippen LogP contribution in [0, 0.1) is 0 Å². The third-order valence-corrected chi connectivity index (χ3v) is 13.4. The van der Waals surface area contributed by atoms with E-state index in [2.05, 4.69) is 97.4 Å². The lowest BCUT2D eigenvalue weighted by molar-refractivity contribution is -0.285. The van der Waals surface area contributed by atoms with Crippen molar-refractivity contribution in [3.8, 4) is 0 Å². The molecule has 0 saturated carbocycles. The summed E-state index contributed by atoms with van der Waals surface area (Å²) in [7, 11) is -1.14. The first-order valence-corrected chi connectivity index (χ1v) is 16.9. The Labute approximate surface area is 253 Å². The van der Waals surface area contributed by atoms with Gasteiger partial charge in [0.05, 0.1) is 13.2 Å². The minimum atomic E-state index is -2.78. The van der Waals surface area contributed by atoms with E-state index in [1.54, 1.807) is 7.11 Å². The number of ether oxygens (including phenoxy) is 5. The van der Waals surface area contributed by atoms with E-state index in [1.807, 2.05) is 38.1 Å². The summed E-state index contributed by atoms with van der Waals surface area (Å²) >= 11 is 3.49. The van der Waals surface area contributed by atoms with Crippen LogP contribution in [0.4, 0.5) is 0 Å². The zero-order valence-corrected chi connectivity index (χ0v) is 27.3. The van der Waals surface area contributed by atoms with E-state index in [-0.39, 0.29) is 17.2 Å². The van der Waals surface area contributed by atoms with E-state index in [4.69, 9.17) is 28.1 Å². The van der Waals surface area contributed by atoms with Gasteiger partial charge in [0.15, 0.2) is 12.1 Å². The molecule has 0 bridgehead atoms. The monoisotopic (exact) mass is 640 g/mol. The van der Waals surface area contributed by atoms with Crippen LogP contribution in [0.2, 0.25) is 5.04 Å². The fourth-order valence-corrected chi connectivity index (χ4v) is 10.9. The van der Waals surface area contributed by atoms with Crippen molar-refractivity contribution >= 4 is 34.6 Å². The van der Waals surface area contributed by atoms with E-state index < -0.39 is 32.6 Å². The summed E-state index contributed by atoms with van der Waals surface area (Å²) in [6, 6.07) is 29.3. The lowest BCUT2D eigenvalue weighted by atomic mass is 9.99. The average molecular weight is 642 g/mol. The van der Waals surface area contributed by atoms with E-state index in [0.29, 0.717) is 13.2 Å². The van der Waals surface area contributed by atoms with Gasteiger partial charge in [-0.25, -0.2) is 0 Å². The van der Waals surface area contributed by atoms with Crippen LogP contribution in [-0.4, -0.2) is 58.5 Å². The first-order chi connectivity index (χ1) is 19.5. The summed E-state index contributed by atoms with van der Waals surface area (Å²) in [5.74, 6) is -0.795. The van der Waals surface area contributed by atoms with Crippen molar-refractivity contribution in [2.24, 2.45) is 0 Å². The lowest BCUT2D eigenvalue weighted by Gasteiger charge is -2.46. The summed E-state index contributed by atoms with van der Waals surface area (Å²) in [6.07, 6.45) is -2.30. The molecule has 2 saturated heterocycles. The Hall–Kier alpha value is -1.88. The maximum Gasteiger partial charge on any atom is 0.261 e. The van der Waals surface area contributed by atoms with Crippen molar-refractivity contribution < 1.29 is 28.1 Å². The topological polar surface area (TPSA) is 55.4 Å². The fraction of sp³-hybridized carbons (Fsp3) is 0.455. The predicted molar refractivity (Wildman–Crippen MR) is 166 cm³/mol. The van der Waals surface area contributed by atoms with Crippen LogP contribution in [0.25, 0.3) is 0 Å². The molecule has 5 atom stereocenters. The van der Waals surface area contributed by atoms with Crippen LogP contribution in [0.15, 0.2) is 89.4 Å².